The topological polar surface area (TPSA) is 59.1 Å². The van der Waals surface area contributed by atoms with Crippen LogP contribution in [0.5, 0.6) is 5.88 Å². The van der Waals surface area contributed by atoms with Crippen molar-refractivity contribution in [2.45, 2.75) is 38.6 Å². The third-order valence-electron chi connectivity index (χ3n) is 2.99. The van der Waals surface area contributed by atoms with Gasteiger partial charge in [-0.3, -0.25) is 0 Å². The standard InChI is InChI=1S/C13H22N4O/c1-2-7-18-13-8-12(15-10-16-13)17-11-5-3-4-6-14-9-11/h8,10-11,14H,2-7,9H2,1H3,(H,15,16,17). The van der Waals surface area contributed by atoms with Gasteiger partial charge in [-0.15, -0.1) is 0 Å². The Morgan fingerprint density at radius 3 is 3.28 bits per heavy atom. The molecule has 0 aliphatic carbocycles. The summed E-state index contributed by atoms with van der Waals surface area (Å²) in [5.41, 5.74) is 0. The van der Waals surface area contributed by atoms with Crippen LogP contribution in [0.3, 0.4) is 0 Å². The van der Waals surface area contributed by atoms with Crippen LogP contribution in [0.4, 0.5) is 5.82 Å². The molecule has 0 spiro atoms. The van der Waals surface area contributed by atoms with Gasteiger partial charge in [0.2, 0.25) is 5.88 Å². The third-order valence-corrected chi connectivity index (χ3v) is 2.99. The number of nitrogens with zero attached hydrogens (tertiary/aromatic N) is 2. The van der Waals surface area contributed by atoms with Crippen molar-refractivity contribution < 1.29 is 4.74 Å². The summed E-state index contributed by atoms with van der Waals surface area (Å²) >= 11 is 0. The highest BCUT2D eigenvalue weighted by Crippen LogP contribution is 2.14. The molecule has 1 saturated heterocycles. The maximum Gasteiger partial charge on any atom is 0.218 e. The van der Waals surface area contributed by atoms with E-state index in [1.54, 1.807) is 6.33 Å². The first-order valence-corrected chi connectivity index (χ1v) is 6.80. The van der Waals surface area contributed by atoms with Crippen molar-refractivity contribution in [1.82, 2.24) is 15.3 Å². The lowest BCUT2D eigenvalue weighted by molar-refractivity contribution is 0.305. The largest absolute Gasteiger partial charge is 0.478 e. The molecule has 5 nitrogen and oxygen atoms in total. The molecule has 0 amide bonds. The molecule has 100 valence electrons. The van der Waals surface area contributed by atoms with E-state index in [0.29, 0.717) is 18.5 Å². The Kier molecular flexibility index (Phi) is 5.20. The van der Waals surface area contributed by atoms with Crippen LogP contribution in [-0.2, 0) is 0 Å². The molecule has 1 atom stereocenters. The summed E-state index contributed by atoms with van der Waals surface area (Å²) in [6.45, 7) is 4.89. The molecule has 0 radical (unpaired) electrons. The summed E-state index contributed by atoms with van der Waals surface area (Å²) in [6.07, 6.45) is 6.24. The van der Waals surface area contributed by atoms with Crippen molar-refractivity contribution in [3.8, 4) is 5.88 Å². The van der Waals surface area contributed by atoms with E-state index in [9.17, 15) is 0 Å². The van der Waals surface area contributed by atoms with Crippen LogP contribution in [0, 0.1) is 0 Å². The fraction of sp³-hybridized carbons (Fsp3) is 0.692. The minimum atomic E-state index is 0.446. The molecule has 1 aliphatic rings. The van der Waals surface area contributed by atoms with Crippen molar-refractivity contribution in [3.05, 3.63) is 12.4 Å². The van der Waals surface area contributed by atoms with E-state index < -0.39 is 0 Å². The van der Waals surface area contributed by atoms with Crippen LogP contribution in [0.2, 0.25) is 0 Å². The first kappa shape index (κ1) is 13.1. The molecular formula is C13H22N4O. The lowest BCUT2D eigenvalue weighted by Crippen LogP contribution is -2.31. The van der Waals surface area contributed by atoms with Crippen LogP contribution < -0.4 is 15.4 Å². The number of hydrogen-bond acceptors (Lipinski definition) is 5. The molecule has 1 fully saturated rings. The molecular weight excluding hydrogens is 228 g/mol. The van der Waals surface area contributed by atoms with Crippen molar-refractivity contribution in [3.63, 3.8) is 0 Å². The molecule has 1 aromatic heterocycles. The van der Waals surface area contributed by atoms with E-state index in [-0.39, 0.29) is 0 Å². The fourth-order valence-corrected chi connectivity index (χ4v) is 2.06. The second-order valence-corrected chi connectivity index (χ2v) is 4.63. The summed E-state index contributed by atoms with van der Waals surface area (Å²) in [5.74, 6) is 1.50. The zero-order chi connectivity index (χ0) is 12.6. The van der Waals surface area contributed by atoms with Gasteiger partial charge >= 0.3 is 0 Å². The number of hydrogen-bond donors (Lipinski definition) is 2. The zero-order valence-electron chi connectivity index (χ0n) is 11.0. The van der Waals surface area contributed by atoms with E-state index in [1.165, 1.54) is 19.3 Å². The Bertz CT molecular complexity index is 351. The normalized spacial score (nSPS) is 20.2. The van der Waals surface area contributed by atoms with Crippen molar-refractivity contribution >= 4 is 5.82 Å². The smallest absolute Gasteiger partial charge is 0.218 e. The summed E-state index contributed by atoms with van der Waals surface area (Å²) in [7, 11) is 0. The van der Waals surface area contributed by atoms with E-state index >= 15 is 0 Å². The summed E-state index contributed by atoms with van der Waals surface area (Å²) in [6, 6.07) is 2.32. The molecule has 2 N–H and O–H groups in total. The Balaban J connectivity index is 1.91. The Labute approximate surface area is 108 Å². The molecule has 1 unspecified atom stereocenters. The van der Waals surface area contributed by atoms with Crippen LogP contribution in [-0.4, -0.2) is 35.7 Å². The molecule has 5 heteroatoms. The summed E-state index contributed by atoms with van der Waals surface area (Å²) < 4.78 is 5.50. The second-order valence-electron chi connectivity index (χ2n) is 4.63. The van der Waals surface area contributed by atoms with Crippen molar-refractivity contribution in [2.75, 3.05) is 25.0 Å². The predicted octanol–water partition coefficient (Wildman–Crippen LogP) is 1.82. The lowest BCUT2D eigenvalue weighted by Gasteiger charge is -2.17. The third kappa shape index (κ3) is 4.14. The highest BCUT2D eigenvalue weighted by Gasteiger charge is 2.12. The molecule has 0 saturated carbocycles. The summed E-state index contributed by atoms with van der Waals surface area (Å²) in [4.78, 5) is 8.34. The van der Waals surface area contributed by atoms with Crippen LogP contribution >= 0.6 is 0 Å². The zero-order valence-corrected chi connectivity index (χ0v) is 11.0. The van der Waals surface area contributed by atoms with Gasteiger partial charge in [0.15, 0.2) is 0 Å². The molecule has 1 aromatic rings. The van der Waals surface area contributed by atoms with Crippen molar-refractivity contribution in [1.29, 1.82) is 0 Å². The number of anilines is 1. The average Bonchev–Trinajstić information content (AvgIpc) is 2.65. The first-order chi connectivity index (χ1) is 8.88. The summed E-state index contributed by atoms with van der Waals surface area (Å²) in [5, 5.41) is 6.87. The highest BCUT2D eigenvalue weighted by molar-refractivity contribution is 5.38. The van der Waals surface area contributed by atoms with Crippen molar-refractivity contribution in [2.24, 2.45) is 0 Å². The van der Waals surface area contributed by atoms with Gasteiger partial charge < -0.3 is 15.4 Å². The van der Waals surface area contributed by atoms with Gasteiger partial charge in [-0.25, -0.2) is 9.97 Å². The molecule has 18 heavy (non-hydrogen) atoms. The molecule has 1 aliphatic heterocycles. The fourth-order valence-electron chi connectivity index (χ4n) is 2.06. The number of ether oxygens (including phenoxy) is 1. The van der Waals surface area contributed by atoms with Crippen LogP contribution in [0.25, 0.3) is 0 Å². The first-order valence-electron chi connectivity index (χ1n) is 6.80. The van der Waals surface area contributed by atoms with Gasteiger partial charge in [-0.2, -0.15) is 0 Å². The molecule has 0 bridgehead atoms. The average molecular weight is 250 g/mol. The highest BCUT2D eigenvalue weighted by atomic mass is 16.5. The molecule has 0 aromatic carbocycles. The monoisotopic (exact) mass is 250 g/mol. The van der Waals surface area contributed by atoms with E-state index in [2.05, 4.69) is 27.5 Å². The number of aromatic nitrogens is 2. The van der Waals surface area contributed by atoms with Gasteiger partial charge in [0, 0.05) is 18.7 Å². The quantitative estimate of drug-likeness (QED) is 0.834. The van der Waals surface area contributed by atoms with Gasteiger partial charge in [0.1, 0.15) is 12.1 Å². The predicted molar refractivity (Wildman–Crippen MR) is 71.9 cm³/mol. The SMILES string of the molecule is CCCOc1cc(NC2CCCCNC2)ncn1. The maximum absolute atomic E-state index is 5.50. The molecule has 2 rings (SSSR count). The second kappa shape index (κ2) is 7.16. The maximum atomic E-state index is 5.50. The van der Waals surface area contributed by atoms with Crippen LogP contribution in [0.15, 0.2) is 12.4 Å². The van der Waals surface area contributed by atoms with Crippen LogP contribution in [0.1, 0.15) is 32.6 Å². The Morgan fingerprint density at radius 2 is 2.39 bits per heavy atom. The Morgan fingerprint density at radius 1 is 1.44 bits per heavy atom. The molecule has 2 heterocycles. The Hall–Kier alpha value is -1.36. The van der Waals surface area contributed by atoms with Gasteiger partial charge in [0.05, 0.1) is 6.61 Å². The number of nitrogens with one attached hydrogen (secondary N) is 2. The van der Waals surface area contributed by atoms with Gasteiger partial charge in [-0.1, -0.05) is 13.3 Å². The minimum absolute atomic E-state index is 0.446. The van der Waals surface area contributed by atoms with E-state index in [0.717, 1.165) is 25.3 Å². The van der Waals surface area contributed by atoms with E-state index in [1.807, 2.05) is 6.07 Å². The van der Waals surface area contributed by atoms with Gasteiger partial charge in [-0.05, 0) is 25.8 Å². The van der Waals surface area contributed by atoms with Gasteiger partial charge in [0.25, 0.3) is 0 Å². The lowest BCUT2D eigenvalue weighted by atomic mass is 10.1. The number of rotatable bonds is 5. The van der Waals surface area contributed by atoms with E-state index in [4.69, 9.17) is 4.74 Å². The minimum Gasteiger partial charge on any atom is -0.478 e.